The molecule has 1 heterocycles. The van der Waals surface area contributed by atoms with Gasteiger partial charge in [0.2, 0.25) is 0 Å². The average molecular weight is 418 g/mol. The molecule has 0 aliphatic carbocycles. The van der Waals surface area contributed by atoms with Gasteiger partial charge in [-0.25, -0.2) is 0 Å². The summed E-state index contributed by atoms with van der Waals surface area (Å²) in [5.41, 5.74) is 8.37. The van der Waals surface area contributed by atoms with Crippen LogP contribution in [0.2, 0.25) is 5.02 Å². The Morgan fingerprint density at radius 3 is 2.62 bits per heavy atom. The Kier molecular flexibility index (Phi) is 6.08. The van der Waals surface area contributed by atoms with E-state index in [4.69, 9.17) is 17.3 Å². The molecule has 1 atom stereocenters. The van der Waals surface area contributed by atoms with E-state index >= 15 is 0 Å². The van der Waals surface area contributed by atoms with Gasteiger partial charge in [-0.05, 0) is 59.2 Å². The lowest BCUT2D eigenvalue weighted by atomic mass is 10.0. The van der Waals surface area contributed by atoms with Crippen molar-refractivity contribution in [3.8, 4) is 0 Å². The Hall–Kier alpha value is -0.590. The van der Waals surface area contributed by atoms with Crippen molar-refractivity contribution in [3.05, 3.63) is 50.3 Å². The molecule has 0 saturated heterocycles. The number of hydrogen-bond donors (Lipinski definition) is 1. The third-order valence-electron chi connectivity index (χ3n) is 3.78. The summed E-state index contributed by atoms with van der Waals surface area (Å²) in [4.78, 5) is 0. The first kappa shape index (κ1) is 16.8. The Balaban J connectivity index is 2.08. The summed E-state index contributed by atoms with van der Waals surface area (Å²) >= 11 is 8.38. The van der Waals surface area contributed by atoms with E-state index in [1.54, 1.807) is 0 Å². The quantitative estimate of drug-likeness (QED) is 0.690. The van der Waals surface area contributed by atoms with E-state index in [0.29, 0.717) is 6.04 Å². The highest BCUT2D eigenvalue weighted by Gasteiger charge is 2.13. The molecule has 2 aromatic rings. The minimum absolute atomic E-state index is 0.0791. The first-order valence-electron chi connectivity index (χ1n) is 7.29. The SMILES string of the molecule is CCC(CC)n1ccc(CC(N)c2ccc(I)c(Cl)c2)n1. The molecule has 1 unspecified atom stereocenters. The van der Waals surface area contributed by atoms with Crippen molar-refractivity contribution in [3.63, 3.8) is 0 Å². The molecule has 0 fully saturated rings. The first-order chi connectivity index (χ1) is 10.0. The summed E-state index contributed by atoms with van der Waals surface area (Å²) in [6.07, 6.45) is 4.97. The van der Waals surface area contributed by atoms with Crippen LogP contribution in [-0.2, 0) is 6.42 Å². The van der Waals surface area contributed by atoms with Crippen LogP contribution >= 0.6 is 34.2 Å². The lowest BCUT2D eigenvalue weighted by Gasteiger charge is -2.13. The van der Waals surface area contributed by atoms with Gasteiger partial charge in [-0.2, -0.15) is 5.10 Å². The van der Waals surface area contributed by atoms with Gasteiger partial charge in [0.25, 0.3) is 0 Å². The first-order valence-corrected chi connectivity index (χ1v) is 8.75. The standard InChI is InChI=1S/C16H21ClIN3/c1-3-13(4-2)21-8-7-12(20-21)10-16(19)11-5-6-15(18)14(17)9-11/h5-9,13,16H,3-4,10,19H2,1-2H3. The highest BCUT2D eigenvalue weighted by Crippen LogP contribution is 2.24. The number of rotatable bonds is 6. The highest BCUT2D eigenvalue weighted by molar-refractivity contribution is 14.1. The van der Waals surface area contributed by atoms with Gasteiger partial charge >= 0.3 is 0 Å². The van der Waals surface area contributed by atoms with Gasteiger partial charge < -0.3 is 5.73 Å². The number of aromatic nitrogens is 2. The fraction of sp³-hybridized carbons (Fsp3) is 0.438. The van der Waals surface area contributed by atoms with Gasteiger partial charge in [0.05, 0.1) is 16.8 Å². The van der Waals surface area contributed by atoms with E-state index < -0.39 is 0 Å². The van der Waals surface area contributed by atoms with Crippen molar-refractivity contribution in [2.45, 2.75) is 45.2 Å². The Morgan fingerprint density at radius 1 is 1.29 bits per heavy atom. The molecule has 1 aromatic carbocycles. The molecule has 3 nitrogen and oxygen atoms in total. The van der Waals surface area contributed by atoms with Crippen molar-refractivity contribution < 1.29 is 0 Å². The molecule has 114 valence electrons. The van der Waals surface area contributed by atoms with Crippen LogP contribution in [-0.4, -0.2) is 9.78 Å². The van der Waals surface area contributed by atoms with Crippen molar-refractivity contribution in [1.82, 2.24) is 9.78 Å². The minimum atomic E-state index is -0.0791. The summed E-state index contributed by atoms with van der Waals surface area (Å²) in [7, 11) is 0. The summed E-state index contributed by atoms with van der Waals surface area (Å²) < 4.78 is 3.10. The second kappa shape index (κ2) is 7.61. The molecule has 0 radical (unpaired) electrons. The fourth-order valence-electron chi connectivity index (χ4n) is 2.44. The van der Waals surface area contributed by atoms with Gasteiger partial charge in [0.15, 0.2) is 0 Å². The Bertz CT molecular complexity index is 593. The van der Waals surface area contributed by atoms with Crippen LogP contribution in [0.1, 0.15) is 50.0 Å². The molecule has 0 aliphatic heterocycles. The Labute approximate surface area is 145 Å². The average Bonchev–Trinajstić information content (AvgIpc) is 2.91. The van der Waals surface area contributed by atoms with Gasteiger partial charge in [0, 0.05) is 22.2 Å². The predicted octanol–water partition coefficient (Wildman–Crippen LogP) is 4.74. The molecule has 0 spiro atoms. The van der Waals surface area contributed by atoms with Crippen LogP contribution in [0.4, 0.5) is 0 Å². The summed E-state index contributed by atoms with van der Waals surface area (Å²) in [5, 5.41) is 5.42. The predicted molar refractivity (Wildman–Crippen MR) is 96.6 cm³/mol. The molecule has 2 N–H and O–H groups in total. The van der Waals surface area contributed by atoms with Crippen molar-refractivity contribution in [2.75, 3.05) is 0 Å². The lowest BCUT2D eigenvalue weighted by molar-refractivity contribution is 0.424. The van der Waals surface area contributed by atoms with Gasteiger partial charge in [-0.15, -0.1) is 0 Å². The zero-order valence-corrected chi connectivity index (χ0v) is 15.3. The fourth-order valence-corrected chi connectivity index (χ4v) is 2.96. The van der Waals surface area contributed by atoms with E-state index in [0.717, 1.165) is 39.1 Å². The van der Waals surface area contributed by atoms with Crippen molar-refractivity contribution in [2.24, 2.45) is 5.73 Å². The normalized spacial score (nSPS) is 12.9. The van der Waals surface area contributed by atoms with Crippen LogP contribution < -0.4 is 5.73 Å². The number of hydrogen-bond acceptors (Lipinski definition) is 2. The topological polar surface area (TPSA) is 43.8 Å². The smallest absolute Gasteiger partial charge is 0.0643 e. The summed E-state index contributed by atoms with van der Waals surface area (Å²) in [6.45, 7) is 4.38. The number of nitrogens with two attached hydrogens (primary N) is 1. The molecule has 5 heteroatoms. The summed E-state index contributed by atoms with van der Waals surface area (Å²) in [6, 6.07) is 8.45. The maximum absolute atomic E-state index is 6.29. The number of benzene rings is 1. The second-order valence-electron chi connectivity index (χ2n) is 5.24. The van der Waals surface area contributed by atoms with Crippen LogP contribution in [0.5, 0.6) is 0 Å². The van der Waals surface area contributed by atoms with Crippen LogP contribution in [0, 0.1) is 3.57 Å². The molecule has 0 bridgehead atoms. The number of halogens is 2. The molecule has 0 saturated carbocycles. The van der Waals surface area contributed by atoms with Crippen molar-refractivity contribution >= 4 is 34.2 Å². The van der Waals surface area contributed by atoms with Crippen LogP contribution in [0.3, 0.4) is 0 Å². The van der Waals surface area contributed by atoms with E-state index in [9.17, 15) is 0 Å². The maximum Gasteiger partial charge on any atom is 0.0643 e. The molecular weight excluding hydrogens is 397 g/mol. The molecule has 21 heavy (non-hydrogen) atoms. The molecule has 1 aromatic heterocycles. The third-order valence-corrected chi connectivity index (χ3v) is 5.35. The van der Waals surface area contributed by atoms with E-state index in [1.807, 2.05) is 18.2 Å². The monoisotopic (exact) mass is 417 g/mol. The Morgan fingerprint density at radius 2 is 2.00 bits per heavy atom. The highest BCUT2D eigenvalue weighted by atomic mass is 127. The minimum Gasteiger partial charge on any atom is -0.324 e. The van der Waals surface area contributed by atoms with Gasteiger partial charge in [-0.3, -0.25) is 4.68 Å². The maximum atomic E-state index is 6.29. The molecular formula is C16H21ClIN3. The molecule has 0 amide bonds. The zero-order valence-electron chi connectivity index (χ0n) is 12.4. The lowest BCUT2D eigenvalue weighted by Crippen LogP contribution is -2.14. The van der Waals surface area contributed by atoms with E-state index in [1.165, 1.54) is 0 Å². The van der Waals surface area contributed by atoms with E-state index in [2.05, 4.69) is 58.5 Å². The second-order valence-corrected chi connectivity index (χ2v) is 6.81. The van der Waals surface area contributed by atoms with Gasteiger partial charge in [0.1, 0.15) is 0 Å². The zero-order chi connectivity index (χ0) is 15.4. The van der Waals surface area contributed by atoms with Crippen molar-refractivity contribution in [1.29, 1.82) is 0 Å². The molecule has 0 aliphatic rings. The summed E-state index contributed by atoms with van der Waals surface area (Å²) in [5.74, 6) is 0. The van der Waals surface area contributed by atoms with Crippen LogP contribution in [0.15, 0.2) is 30.5 Å². The van der Waals surface area contributed by atoms with E-state index in [-0.39, 0.29) is 6.04 Å². The van der Waals surface area contributed by atoms with Crippen LogP contribution in [0.25, 0.3) is 0 Å². The molecule has 2 rings (SSSR count). The number of nitrogens with zero attached hydrogens (tertiary/aromatic N) is 2. The third kappa shape index (κ3) is 4.20. The largest absolute Gasteiger partial charge is 0.324 e. The van der Waals surface area contributed by atoms with Gasteiger partial charge in [-0.1, -0.05) is 31.5 Å².